The number of hydrogen-bond acceptors (Lipinski definition) is 5. The molecule has 0 bridgehead atoms. The summed E-state index contributed by atoms with van der Waals surface area (Å²) in [5, 5.41) is 15.9. The second kappa shape index (κ2) is 9.85. The fourth-order valence-corrected chi connectivity index (χ4v) is 5.60. The fourth-order valence-electron chi connectivity index (χ4n) is 5.60. The van der Waals surface area contributed by atoms with Gasteiger partial charge in [0.1, 0.15) is 11.5 Å². The van der Waals surface area contributed by atoms with Crippen molar-refractivity contribution in [2.75, 3.05) is 25.8 Å². The van der Waals surface area contributed by atoms with Crippen molar-refractivity contribution in [3.05, 3.63) is 71.4 Å². The van der Waals surface area contributed by atoms with E-state index in [0.717, 1.165) is 66.2 Å². The molecule has 6 nitrogen and oxygen atoms in total. The zero-order valence-corrected chi connectivity index (χ0v) is 21.5. The number of unbranched alkanes of at least 4 members (excludes halogenated alkanes) is 2. The van der Waals surface area contributed by atoms with Crippen molar-refractivity contribution in [2.45, 2.75) is 45.6 Å². The number of aromatic hydroxyl groups is 1. The monoisotopic (exact) mass is 497 g/mol. The SMILES string of the molecule is CCCCCNc1c(OC)ccc2c(Cc3ccc(O)cc3)c3[n+](cc12)CCc1cc2c(cc1-3)OCO2. The number of phenolic OH excluding ortho intramolecular Hbond substituents is 1. The van der Waals surface area contributed by atoms with Gasteiger partial charge in [-0.3, -0.25) is 0 Å². The number of aromatic nitrogens is 1. The number of anilines is 1. The smallest absolute Gasteiger partial charge is 0.231 e. The molecule has 0 spiro atoms. The largest absolute Gasteiger partial charge is 0.508 e. The van der Waals surface area contributed by atoms with Crippen LogP contribution in [0.1, 0.15) is 42.9 Å². The third-order valence-electron chi connectivity index (χ3n) is 7.49. The summed E-state index contributed by atoms with van der Waals surface area (Å²) >= 11 is 0. The normalized spacial score (nSPS) is 13.4. The Kier molecular flexibility index (Phi) is 6.25. The Labute approximate surface area is 217 Å². The highest BCUT2D eigenvalue weighted by molar-refractivity contribution is 6.00. The van der Waals surface area contributed by atoms with E-state index in [1.807, 2.05) is 12.1 Å². The molecule has 0 saturated heterocycles. The maximum Gasteiger partial charge on any atom is 0.231 e. The number of nitrogens with one attached hydrogen (secondary N) is 1. The number of benzene rings is 3. The van der Waals surface area contributed by atoms with Crippen molar-refractivity contribution in [1.29, 1.82) is 0 Å². The van der Waals surface area contributed by atoms with Gasteiger partial charge in [0, 0.05) is 30.3 Å². The third kappa shape index (κ3) is 4.31. The minimum absolute atomic E-state index is 0.267. The second-order valence-corrected chi connectivity index (χ2v) is 9.84. The number of nitrogens with zero attached hydrogens (tertiary/aromatic N) is 1. The zero-order valence-electron chi connectivity index (χ0n) is 21.5. The van der Waals surface area contributed by atoms with E-state index < -0.39 is 0 Å². The van der Waals surface area contributed by atoms with E-state index in [1.54, 1.807) is 19.2 Å². The molecule has 6 heteroatoms. The number of rotatable bonds is 8. The first-order valence-electron chi connectivity index (χ1n) is 13.2. The molecule has 0 aliphatic carbocycles. The molecule has 0 radical (unpaired) electrons. The van der Waals surface area contributed by atoms with Crippen LogP contribution in [0.4, 0.5) is 5.69 Å². The molecule has 4 aromatic rings. The van der Waals surface area contributed by atoms with E-state index in [9.17, 15) is 5.11 Å². The number of hydrogen-bond donors (Lipinski definition) is 2. The summed E-state index contributed by atoms with van der Waals surface area (Å²) in [6.07, 6.45) is 7.45. The average Bonchev–Trinajstić information content (AvgIpc) is 3.38. The predicted octanol–water partition coefficient (Wildman–Crippen LogP) is 5.99. The lowest BCUT2D eigenvalue weighted by molar-refractivity contribution is -0.686. The van der Waals surface area contributed by atoms with Crippen molar-refractivity contribution in [3.8, 4) is 34.3 Å². The summed E-state index contributed by atoms with van der Waals surface area (Å²) in [5.41, 5.74) is 7.13. The lowest BCUT2D eigenvalue weighted by atomic mass is 9.88. The molecule has 0 amide bonds. The Morgan fingerprint density at radius 1 is 1.00 bits per heavy atom. The van der Waals surface area contributed by atoms with Crippen LogP contribution in [-0.4, -0.2) is 25.6 Å². The molecule has 2 aliphatic heterocycles. The quantitative estimate of drug-likeness (QED) is 0.231. The first-order valence-corrected chi connectivity index (χ1v) is 13.2. The molecular weight excluding hydrogens is 464 g/mol. The summed E-state index contributed by atoms with van der Waals surface area (Å²) in [5.74, 6) is 2.77. The van der Waals surface area contributed by atoms with Crippen LogP contribution in [0.15, 0.2) is 54.7 Å². The first-order chi connectivity index (χ1) is 18.2. The van der Waals surface area contributed by atoms with Crippen LogP contribution in [-0.2, 0) is 19.4 Å². The highest BCUT2D eigenvalue weighted by Gasteiger charge is 2.32. The lowest BCUT2D eigenvalue weighted by Gasteiger charge is -2.22. The van der Waals surface area contributed by atoms with E-state index in [4.69, 9.17) is 14.2 Å². The van der Waals surface area contributed by atoms with Crippen molar-refractivity contribution in [3.63, 3.8) is 0 Å². The van der Waals surface area contributed by atoms with E-state index in [1.165, 1.54) is 40.6 Å². The van der Waals surface area contributed by atoms with E-state index in [0.29, 0.717) is 0 Å². The van der Waals surface area contributed by atoms with Crippen LogP contribution in [0.25, 0.3) is 22.0 Å². The molecule has 0 saturated carbocycles. The zero-order chi connectivity index (χ0) is 25.4. The van der Waals surface area contributed by atoms with Gasteiger partial charge in [-0.2, -0.15) is 4.57 Å². The summed E-state index contributed by atoms with van der Waals surface area (Å²) in [7, 11) is 1.74. The second-order valence-electron chi connectivity index (χ2n) is 9.84. The topological polar surface area (TPSA) is 63.8 Å². The molecule has 190 valence electrons. The summed E-state index contributed by atoms with van der Waals surface area (Å²) < 4.78 is 19.6. The van der Waals surface area contributed by atoms with Gasteiger partial charge in [-0.05, 0) is 53.9 Å². The third-order valence-corrected chi connectivity index (χ3v) is 7.49. The molecule has 2 aliphatic rings. The molecule has 3 heterocycles. The summed E-state index contributed by atoms with van der Waals surface area (Å²) in [4.78, 5) is 0. The summed E-state index contributed by atoms with van der Waals surface area (Å²) in [6, 6.07) is 16.1. The number of pyridine rings is 1. The summed E-state index contributed by atoms with van der Waals surface area (Å²) in [6.45, 7) is 4.28. The lowest BCUT2D eigenvalue weighted by Crippen LogP contribution is -2.41. The molecule has 37 heavy (non-hydrogen) atoms. The van der Waals surface area contributed by atoms with E-state index in [-0.39, 0.29) is 12.5 Å². The van der Waals surface area contributed by atoms with Crippen LogP contribution < -0.4 is 24.1 Å². The van der Waals surface area contributed by atoms with Crippen LogP contribution in [0.2, 0.25) is 0 Å². The van der Waals surface area contributed by atoms with Gasteiger partial charge >= 0.3 is 0 Å². The predicted molar refractivity (Wildman–Crippen MR) is 145 cm³/mol. The molecule has 0 unspecified atom stereocenters. The number of ether oxygens (including phenoxy) is 3. The highest BCUT2D eigenvalue weighted by atomic mass is 16.7. The Bertz CT molecular complexity index is 1460. The fraction of sp³-hybridized carbons (Fsp3) is 0.323. The maximum absolute atomic E-state index is 9.87. The van der Waals surface area contributed by atoms with Gasteiger partial charge in [0.25, 0.3) is 0 Å². The van der Waals surface area contributed by atoms with E-state index in [2.05, 4.69) is 47.3 Å². The first kappa shape index (κ1) is 23.5. The van der Waals surface area contributed by atoms with Gasteiger partial charge in [-0.25, -0.2) is 0 Å². The Morgan fingerprint density at radius 3 is 2.59 bits per heavy atom. The van der Waals surface area contributed by atoms with Gasteiger partial charge in [0.05, 0.1) is 23.7 Å². The number of aryl methyl sites for hydroxylation is 2. The van der Waals surface area contributed by atoms with Crippen molar-refractivity contribution in [2.24, 2.45) is 0 Å². The number of phenols is 1. The average molecular weight is 498 g/mol. The molecule has 0 fully saturated rings. The van der Waals surface area contributed by atoms with Gasteiger partial charge in [0.15, 0.2) is 24.2 Å². The maximum atomic E-state index is 9.87. The van der Waals surface area contributed by atoms with Crippen LogP contribution in [0.5, 0.6) is 23.0 Å². The molecular formula is C31H33N2O4+. The van der Waals surface area contributed by atoms with E-state index >= 15 is 0 Å². The van der Waals surface area contributed by atoms with Crippen LogP contribution in [0, 0.1) is 0 Å². The molecule has 3 aromatic carbocycles. The van der Waals surface area contributed by atoms with Gasteiger partial charge < -0.3 is 24.6 Å². The van der Waals surface area contributed by atoms with Gasteiger partial charge in [0.2, 0.25) is 12.5 Å². The van der Waals surface area contributed by atoms with Gasteiger partial charge in [-0.15, -0.1) is 0 Å². The molecule has 6 rings (SSSR count). The minimum Gasteiger partial charge on any atom is -0.508 e. The van der Waals surface area contributed by atoms with Crippen molar-refractivity contribution >= 4 is 16.5 Å². The number of fused-ring (bicyclic) bond motifs is 5. The molecule has 0 atom stereocenters. The minimum atomic E-state index is 0.267. The molecule has 1 aromatic heterocycles. The van der Waals surface area contributed by atoms with Crippen molar-refractivity contribution < 1.29 is 23.9 Å². The van der Waals surface area contributed by atoms with Gasteiger partial charge in [-0.1, -0.05) is 31.9 Å². The van der Waals surface area contributed by atoms with Crippen LogP contribution in [0.3, 0.4) is 0 Å². The molecule has 2 N–H and O–H groups in total. The standard InChI is InChI=1S/C31H32N2O4/c1-3-4-5-13-32-30-26-18-33-14-12-21-16-28-29(37-19-36-28)17-24(21)31(33)25(23(26)10-11-27(30)35-2)15-20-6-8-22(34)9-7-20/h6-11,16-18,34H,3-5,12-15,19H2,1-2H3/p+1. The number of methoxy groups -OCH3 is 1. The van der Waals surface area contributed by atoms with Crippen LogP contribution >= 0.6 is 0 Å². The Balaban J connectivity index is 1.57. The Morgan fingerprint density at radius 2 is 1.81 bits per heavy atom. The van der Waals surface area contributed by atoms with Crippen molar-refractivity contribution in [1.82, 2.24) is 0 Å². The highest BCUT2D eigenvalue weighted by Crippen LogP contribution is 2.43. The Hall–Kier alpha value is -3.93.